The molecule has 0 bridgehead atoms. The van der Waals surface area contributed by atoms with Crippen LogP contribution in [-0.4, -0.2) is 33.7 Å². The fraction of sp³-hybridized carbons (Fsp3) is 0.238. The van der Waals surface area contributed by atoms with Crippen LogP contribution in [0.15, 0.2) is 60.9 Å². The van der Waals surface area contributed by atoms with Crippen LogP contribution in [0.5, 0.6) is 0 Å². The summed E-state index contributed by atoms with van der Waals surface area (Å²) in [6.45, 7) is 3.89. The number of benzene rings is 2. The molecule has 1 aliphatic heterocycles. The normalized spacial score (nSPS) is 17.7. The van der Waals surface area contributed by atoms with Crippen LogP contribution >= 0.6 is 0 Å². The number of carbonyl (C=O) groups is 1. The second-order valence-corrected chi connectivity index (χ2v) is 6.85. The van der Waals surface area contributed by atoms with Crippen molar-refractivity contribution < 1.29 is 9.18 Å². The zero-order chi connectivity index (χ0) is 18.8. The number of aryl methyl sites for hydroxylation is 1. The van der Waals surface area contributed by atoms with Gasteiger partial charge in [0.2, 0.25) is 5.91 Å². The number of piperazine rings is 1. The molecule has 6 heteroatoms. The van der Waals surface area contributed by atoms with E-state index in [1.165, 1.54) is 17.7 Å². The molecule has 0 aliphatic carbocycles. The molecule has 2 aromatic carbocycles. The first-order valence-electron chi connectivity index (χ1n) is 8.98. The minimum Gasteiger partial charge on any atom is -0.353 e. The number of halogens is 1. The third-order valence-corrected chi connectivity index (χ3v) is 4.80. The maximum Gasteiger partial charge on any atom is 0.242 e. The fourth-order valence-corrected chi connectivity index (χ4v) is 3.44. The minimum absolute atomic E-state index is 0.0993. The molecule has 2 heterocycles. The van der Waals surface area contributed by atoms with E-state index in [0.717, 1.165) is 11.3 Å². The van der Waals surface area contributed by atoms with E-state index in [4.69, 9.17) is 0 Å². The lowest BCUT2D eigenvalue weighted by molar-refractivity contribution is -0.129. The van der Waals surface area contributed by atoms with Crippen LogP contribution in [0.1, 0.15) is 22.7 Å². The number of aromatic nitrogens is 2. The second kappa shape index (κ2) is 7.32. The third kappa shape index (κ3) is 3.75. The second-order valence-electron chi connectivity index (χ2n) is 6.85. The number of nitrogens with zero attached hydrogens (tertiary/aromatic N) is 3. The van der Waals surface area contributed by atoms with Gasteiger partial charge >= 0.3 is 0 Å². The Kier molecular flexibility index (Phi) is 4.73. The number of carbonyl (C=O) groups excluding carboxylic acids is 1. The molecule has 1 aliphatic rings. The summed E-state index contributed by atoms with van der Waals surface area (Å²) in [6.07, 6.45) is 3.79. The van der Waals surface area contributed by atoms with Crippen LogP contribution in [0, 0.1) is 12.7 Å². The lowest BCUT2D eigenvalue weighted by Gasteiger charge is -2.35. The van der Waals surface area contributed by atoms with Gasteiger partial charge in [-0.05, 0) is 36.8 Å². The van der Waals surface area contributed by atoms with Crippen molar-refractivity contribution in [1.29, 1.82) is 0 Å². The van der Waals surface area contributed by atoms with Crippen LogP contribution in [0.3, 0.4) is 0 Å². The molecule has 0 radical (unpaired) electrons. The van der Waals surface area contributed by atoms with E-state index >= 15 is 0 Å². The number of hydrogen-bond donors (Lipinski definition) is 1. The van der Waals surface area contributed by atoms with Gasteiger partial charge < -0.3 is 5.32 Å². The first-order chi connectivity index (χ1) is 13.1. The number of rotatable bonds is 4. The molecule has 0 unspecified atom stereocenters. The van der Waals surface area contributed by atoms with E-state index in [1.807, 2.05) is 48.3 Å². The molecule has 4 rings (SSSR count). The molecular weight excluding hydrogens is 343 g/mol. The SMILES string of the molecule is Cc1ccc(-n2cc(CN3CCNC(=O)[C@@H]3c3cccc(F)c3)cn2)cc1. The van der Waals surface area contributed by atoms with E-state index in [0.29, 0.717) is 25.2 Å². The van der Waals surface area contributed by atoms with Gasteiger partial charge in [-0.2, -0.15) is 5.10 Å². The molecule has 1 fully saturated rings. The number of amides is 1. The van der Waals surface area contributed by atoms with Gasteiger partial charge in [-0.15, -0.1) is 0 Å². The Balaban J connectivity index is 1.57. The summed E-state index contributed by atoms with van der Waals surface area (Å²) in [7, 11) is 0. The smallest absolute Gasteiger partial charge is 0.242 e. The van der Waals surface area contributed by atoms with Gasteiger partial charge in [-0.3, -0.25) is 9.69 Å². The molecule has 5 nitrogen and oxygen atoms in total. The maximum absolute atomic E-state index is 13.7. The molecule has 138 valence electrons. The van der Waals surface area contributed by atoms with Crippen LogP contribution < -0.4 is 5.32 Å². The fourth-order valence-electron chi connectivity index (χ4n) is 3.44. The van der Waals surface area contributed by atoms with E-state index in [2.05, 4.69) is 15.3 Å². The average Bonchev–Trinajstić information content (AvgIpc) is 3.11. The highest BCUT2D eigenvalue weighted by Gasteiger charge is 2.31. The molecule has 3 aromatic rings. The summed E-state index contributed by atoms with van der Waals surface area (Å²) >= 11 is 0. The van der Waals surface area contributed by atoms with Crippen molar-refractivity contribution in [2.75, 3.05) is 13.1 Å². The van der Waals surface area contributed by atoms with Gasteiger partial charge in [0.15, 0.2) is 0 Å². The van der Waals surface area contributed by atoms with Gasteiger partial charge in [0.05, 0.1) is 11.9 Å². The van der Waals surface area contributed by atoms with Gasteiger partial charge in [-0.25, -0.2) is 9.07 Å². The zero-order valence-corrected chi connectivity index (χ0v) is 15.1. The zero-order valence-electron chi connectivity index (χ0n) is 15.1. The van der Waals surface area contributed by atoms with Crippen molar-refractivity contribution in [3.05, 3.63) is 83.4 Å². The van der Waals surface area contributed by atoms with E-state index < -0.39 is 6.04 Å². The summed E-state index contributed by atoms with van der Waals surface area (Å²) in [5, 5.41) is 7.32. The molecule has 27 heavy (non-hydrogen) atoms. The minimum atomic E-state index is -0.503. The van der Waals surface area contributed by atoms with Crippen molar-refractivity contribution in [2.45, 2.75) is 19.5 Å². The largest absolute Gasteiger partial charge is 0.353 e. The molecule has 1 aromatic heterocycles. The molecule has 0 spiro atoms. The quantitative estimate of drug-likeness (QED) is 0.774. The molecule has 0 saturated carbocycles. The molecule has 1 saturated heterocycles. The predicted octanol–water partition coefficient (Wildman–Crippen LogP) is 2.99. The lowest BCUT2D eigenvalue weighted by Crippen LogP contribution is -2.49. The molecule has 1 N–H and O–H groups in total. The summed E-state index contributed by atoms with van der Waals surface area (Å²) in [4.78, 5) is 14.5. The highest BCUT2D eigenvalue weighted by molar-refractivity contribution is 5.83. The predicted molar refractivity (Wildman–Crippen MR) is 101 cm³/mol. The van der Waals surface area contributed by atoms with Crippen molar-refractivity contribution in [3.63, 3.8) is 0 Å². The highest BCUT2D eigenvalue weighted by Crippen LogP contribution is 2.26. The van der Waals surface area contributed by atoms with Crippen molar-refractivity contribution in [1.82, 2.24) is 20.0 Å². The standard InChI is InChI=1S/C21H21FN4O/c1-15-5-7-19(8-6-15)26-14-16(12-24-26)13-25-10-9-23-21(27)20(25)17-3-2-4-18(22)11-17/h2-8,11-12,14,20H,9-10,13H2,1H3,(H,23,27)/t20-/m0/s1. The van der Waals surface area contributed by atoms with E-state index in [-0.39, 0.29) is 11.7 Å². The van der Waals surface area contributed by atoms with Crippen molar-refractivity contribution in [2.24, 2.45) is 0 Å². The maximum atomic E-state index is 13.7. The monoisotopic (exact) mass is 364 g/mol. The van der Waals surface area contributed by atoms with Gasteiger partial charge in [0, 0.05) is 31.4 Å². The van der Waals surface area contributed by atoms with Crippen molar-refractivity contribution in [3.8, 4) is 5.69 Å². The Morgan fingerprint density at radius 1 is 1.22 bits per heavy atom. The van der Waals surface area contributed by atoms with E-state index in [1.54, 1.807) is 12.1 Å². The number of nitrogens with one attached hydrogen (secondary N) is 1. The van der Waals surface area contributed by atoms with Gasteiger partial charge in [0.25, 0.3) is 0 Å². The van der Waals surface area contributed by atoms with Crippen molar-refractivity contribution >= 4 is 5.91 Å². The van der Waals surface area contributed by atoms with Gasteiger partial charge in [0.1, 0.15) is 11.9 Å². The Morgan fingerprint density at radius 3 is 2.81 bits per heavy atom. The Morgan fingerprint density at radius 2 is 2.04 bits per heavy atom. The Hall–Kier alpha value is -2.99. The summed E-state index contributed by atoms with van der Waals surface area (Å²) in [5.74, 6) is -0.434. The topological polar surface area (TPSA) is 50.2 Å². The van der Waals surface area contributed by atoms with Crippen LogP contribution in [0.4, 0.5) is 4.39 Å². The van der Waals surface area contributed by atoms with Gasteiger partial charge in [-0.1, -0.05) is 29.8 Å². The van der Waals surface area contributed by atoms with Crippen LogP contribution in [0.25, 0.3) is 5.69 Å². The number of hydrogen-bond acceptors (Lipinski definition) is 3. The summed E-state index contributed by atoms with van der Waals surface area (Å²) in [5.41, 5.74) is 3.86. The van der Waals surface area contributed by atoms with Crippen LogP contribution in [-0.2, 0) is 11.3 Å². The first-order valence-corrected chi connectivity index (χ1v) is 8.98. The lowest BCUT2D eigenvalue weighted by atomic mass is 10.0. The first kappa shape index (κ1) is 17.4. The summed E-state index contributed by atoms with van der Waals surface area (Å²) < 4.78 is 15.5. The third-order valence-electron chi connectivity index (χ3n) is 4.80. The molecule has 1 amide bonds. The molecule has 1 atom stereocenters. The Labute approximate surface area is 157 Å². The van der Waals surface area contributed by atoms with Crippen LogP contribution in [0.2, 0.25) is 0 Å². The van der Waals surface area contributed by atoms with E-state index in [9.17, 15) is 9.18 Å². The summed E-state index contributed by atoms with van der Waals surface area (Å²) in [6, 6.07) is 13.9. The Bertz CT molecular complexity index is 951. The molecular formula is C21H21FN4O. The highest BCUT2D eigenvalue weighted by atomic mass is 19.1. The average molecular weight is 364 g/mol.